The van der Waals surface area contributed by atoms with Crippen LogP contribution in [0.2, 0.25) is 0 Å². The van der Waals surface area contributed by atoms with Crippen molar-refractivity contribution in [3.63, 3.8) is 0 Å². The van der Waals surface area contributed by atoms with Gasteiger partial charge in [0.2, 0.25) is 5.91 Å². The van der Waals surface area contributed by atoms with E-state index in [-0.39, 0.29) is 11.9 Å². The zero-order valence-corrected chi connectivity index (χ0v) is 10.3. The second kappa shape index (κ2) is 6.83. The molecule has 1 atom stereocenters. The average molecular weight is 230 g/mol. The first-order valence-electron chi connectivity index (χ1n) is 5.70. The maximum Gasteiger partial charge on any atom is 0.234 e. The van der Waals surface area contributed by atoms with Gasteiger partial charge in [-0.25, -0.2) is 0 Å². The molecule has 1 saturated carbocycles. The van der Waals surface area contributed by atoms with Crippen molar-refractivity contribution < 1.29 is 14.3 Å². The molecule has 0 heterocycles. The van der Waals surface area contributed by atoms with Crippen LogP contribution in [0, 0.1) is 0 Å². The van der Waals surface area contributed by atoms with Crippen LogP contribution in [0.1, 0.15) is 19.8 Å². The third-order valence-corrected chi connectivity index (χ3v) is 2.80. The molecule has 1 aliphatic carbocycles. The van der Waals surface area contributed by atoms with Crippen molar-refractivity contribution in [1.82, 2.24) is 10.6 Å². The second-order valence-corrected chi connectivity index (χ2v) is 4.33. The van der Waals surface area contributed by atoms with Crippen LogP contribution in [0.25, 0.3) is 0 Å². The number of carbonyl (C=O) groups excluding carboxylic acids is 1. The maximum absolute atomic E-state index is 11.5. The summed E-state index contributed by atoms with van der Waals surface area (Å²) in [5.41, 5.74) is 0. The van der Waals surface area contributed by atoms with Crippen LogP contribution in [-0.2, 0) is 14.3 Å². The summed E-state index contributed by atoms with van der Waals surface area (Å²) >= 11 is 0. The smallest absolute Gasteiger partial charge is 0.234 e. The van der Waals surface area contributed by atoms with E-state index in [2.05, 4.69) is 10.6 Å². The lowest BCUT2D eigenvalue weighted by Crippen LogP contribution is -2.49. The van der Waals surface area contributed by atoms with Crippen molar-refractivity contribution in [2.45, 2.75) is 38.0 Å². The highest BCUT2D eigenvalue weighted by Crippen LogP contribution is 2.21. The van der Waals surface area contributed by atoms with Gasteiger partial charge in [0.15, 0.2) is 0 Å². The van der Waals surface area contributed by atoms with Crippen molar-refractivity contribution >= 4 is 5.91 Å². The lowest BCUT2D eigenvalue weighted by Gasteiger charge is -2.34. The van der Waals surface area contributed by atoms with Gasteiger partial charge >= 0.3 is 0 Å². The fraction of sp³-hybridized carbons (Fsp3) is 0.909. The molecule has 0 spiro atoms. The van der Waals surface area contributed by atoms with Gasteiger partial charge < -0.3 is 20.1 Å². The highest BCUT2D eigenvalue weighted by molar-refractivity contribution is 5.78. The fourth-order valence-electron chi connectivity index (χ4n) is 1.78. The van der Waals surface area contributed by atoms with E-state index in [0.29, 0.717) is 25.3 Å². The van der Waals surface area contributed by atoms with Crippen LogP contribution in [-0.4, -0.2) is 51.5 Å². The molecular formula is C11H22N2O3. The Labute approximate surface area is 96.9 Å². The fourth-order valence-corrected chi connectivity index (χ4v) is 1.78. The van der Waals surface area contributed by atoms with E-state index in [1.807, 2.05) is 6.92 Å². The van der Waals surface area contributed by atoms with Crippen LogP contribution in [0.4, 0.5) is 0 Å². The van der Waals surface area contributed by atoms with E-state index in [1.165, 1.54) is 0 Å². The molecule has 0 aromatic rings. The molecule has 1 unspecified atom stereocenters. The zero-order valence-electron chi connectivity index (χ0n) is 10.3. The number of nitrogens with one attached hydrogen (secondary N) is 2. The zero-order chi connectivity index (χ0) is 12.0. The van der Waals surface area contributed by atoms with E-state index in [1.54, 1.807) is 14.2 Å². The minimum absolute atomic E-state index is 0.0189. The normalized spacial score (nSPS) is 25.9. The Morgan fingerprint density at radius 3 is 2.69 bits per heavy atom. The molecule has 5 heteroatoms. The predicted molar refractivity (Wildman–Crippen MR) is 61.3 cm³/mol. The standard InChI is InChI=1S/C11H22N2O3/c1-8(7-15-2)13-11(14)6-12-9-4-10(5-9)16-3/h8-10,12H,4-7H2,1-3H3,(H,13,14). The van der Waals surface area contributed by atoms with Gasteiger partial charge in [0, 0.05) is 26.3 Å². The Bertz CT molecular complexity index is 217. The predicted octanol–water partition coefficient (Wildman–Crippen LogP) is -0.0955. The lowest BCUT2D eigenvalue weighted by molar-refractivity contribution is -0.121. The molecule has 5 nitrogen and oxygen atoms in total. The van der Waals surface area contributed by atoms with Crippen molar-refractivity contribution in [2.24, 2.45) is 0 Å². The van der Waals surface area contributed by atoms with Gasteiger partial charge in [-0.1, -0.05) is 0 Å². The van der Waals surface area contributed by atoms with Crippen LogP contribution in [0.15, 0.2) is 0 Å². The Morgan fingerprint density at radius 1 is 1.44 bits per heavy atom. The largest absolute Gasteiger partial charge is 0.383 e. The summed E-state index contributed by atoms with van der Waals surface area (Å²) in [6, 6.07) is 0.487. The molecule has 1 aliphatic rings. The minimum Gasteiger partial charge on any atom is -0.383 e. The molecule has 0 saturated heterocycles. The molecule has 0 bridgehead atoms. The van der Waals surface area contributed by atoms with Crippen LogP contribution in [0.5, 0.6) is 0 Å². The average Bonchev–Trinajstić information content (AvgIpc) is 2.15. The molecule has 0 radical (unpaired) electrons. The third-order valence-electron chi connectivity index (χ3n) is 2.80. The number of ether oxygens (including phenoxy) is 2. The third kappa shape index (κ3) is 4.47. The van der Waals surface area contributed by atoms with Crippen molar-refractivity contribution in [3.8, 4) is 0 Å². The molecule has 0 aromatic carbocycles. The number of methoxy groups -OCH3 is 2. The topological polar surface area (TPSA) is 59.6 Å². The molecule has 1 fully saturated rings. The molecule has 94 valence electrons. The molecule has 1 rings (SSSR count). The van der Waals surface area contributed by atoms with E-state index in [4.69, 9.17) is 9.47 Å². The second-order valence-electron chi connectivity index (χ2n) is 4.33. The van der Waals surface area contributed by atoms with Gasteiger partial charge in [-0.05, 0) is 19.8 Å². The maximum atomic E-state index is 11.5. The first-order valence-corrected chi connectivity index (χ1v) is 5.70. The van der Waals surface area contributed by atoms with E-state index >= 15 is 0 Å². The highest BCUT2D eigenvalue weighted by atomic mass is 16.5. The summed E-state index contributed by atoms with van der Waals surface area (Å²) in [7, 11) is 3.35. The summed E-state index contributed by atoms with van der Waals surface area (Å²) in [6.07, 6.45) is 2.36. The number of hydrogen-bond acceptors (Lipinski definition) is 4. The summed E-state index contributed by atoms with van der Waals surface area (Å²) in [4.78, 5) is 11.5. The molecule has 16 heavy (non-hydrogen) atoms. The van der Waals surface area contributed by atoms with E-state index in [0.717, 1.165) is 12.8 Å². The number of carbonyl (C=O) groups is 1. The SMILES string of the molecule is COCC(C)NC(=O)CNC1CC(OC)C1. The van der Waals surface area contributed by atoms with Gasteiger partial charge in [-0.15, -0.1) is 0 Å². The molecule has 2 N–H and O–H groups in total. The summed E-state index contributed by atoms with van der Waals surface area (Å²) in [5, 5.41) is 6.05. The van der Waals surface area contributed by atoms with Crippen LogP contribution >= 0.6 is 0 Å². The highest BCUT2D eigenvalue weighted by Gasteiger charge is 2.28. The summed E-state index contributed by atoms with van der Waals surface area (Å²) in [6.45, 7) is 2.84. The molecular weight excluding hydrogens is 208 g/mol. The van der Waals surface area contributed by atoms with Crippen LogP contribution in [0.3, 0.4) is 0 Å². The molecule has 0 aromatic heterocycles. The number of amides is 1. The van der Waals surface area contributed by atoms with E-state index in [9.17, 15) is 4.79 Å². The monoisotopic (exact) mass is 230 g/mol. The quantitative estimate of drug-likeness (QED) is 0.641. The first kappa shape index (κ1) is 13.4. The van der Waals surface area contributed by atoms with E-state index < -0.39 is 0 Å². The van der Waals surface area contributed by atoms with Gasteiger partial charge in [-0.2, -0.15) is 0 Å². The Balaban J connectivity index is 2.03. The van der Waals surface area contributed by atoms with Gasteiger partial charge in [0.05, 0.1) is 19.3 Å². The van der Waals surface area contributed by atoms with Crippen molar-refractivity contribution in [1.29, 1.82) is 0 Å². The van der Waals surface area contributed by atoms with Gasteiger partial charge in [0.1, 0.15) is 0 Å². The number of rotatable bonds is 7. The van der Waals surface area contributed by atoms with Crippen molar-refractivity contribution in [2.75, 3.05) is 27.4 Å². The Morgan fingerprint density at radius 2 is 2.12 bits per heavy atom. The Kier molecular flexibility index (Phi) is 5.73. The molecule has 1 amide bonds. The minimum atomic E-state index is 0.0189. The van der Waals surface area contributed by atoms with Crippen molar-refractivity contribution in [3.05, 3.63) is 0 Å². The summed E-state index contributed by atoms with van der Waals surface area (Å²) < 4.78 is 10.1. The first-order chi connectivity index (χ1) is 7.65. The summed E-state index contributed by atoms with van der Waals surface area (Å²) in [5.74, 6) is 0.0189. The van der Waals surface area contributed by atoms with Crippen LogP contribution < -0.4 is 10.6 Å². The van der Waals surface area contributed by atoms with Gasteiger partial charge in [0.25, 0.3) is 0 Å². The lowest BCUT2D eigenvalue weighted by atomic mass is 9.89. The van der Waals surface area contributed by atoms with Gasteiger partial charge in [-0.3, -0.25) is 4.79 Å². The molecule has 0 aliphatic heterocycles. The number of hydrogen-bond donors (Lipinski definition) is 2. The Hall–Kier alpha value is -0.650.